The summed E-state index contributed by atoms with van der Waals surface area (Å²) in [7, 11) is 0. The summed E-state index contributed by atoms with van der Waals surface area (Å²) in [6, 6.07) is 8.91. The van der Waals surface area contributed by atoms with Gasteiger partial charge in [0.15, 0.2) is 11.5 Å². The summed E-state index contributed by atoms with van der Waals surface area (Å²) in [5.74, 6) is -1.66. The number of piperidine rings is 1. The monoisotopic (exact) mass is 703 g/mol. The van der Waals surface area contributed by atoms with Gasteiger partial charge < -0.3 is 43.9 Å². The highest BCUT2D eigenvalue weighted by Crippen LogP contribution is 2.52. The molecule has 0 radical (unpaired) electrons. The lowest BCUT2D eigenvalue weighted by Crippen LogP contribution is -2.39. The maximum absolute atomic E-state index is 15.7. The SMILES string of the molecule is CCOC(=O)C1CCN(CCOCC(C)(C)c2cc3cc(NC(=O)C4(c5ccc6c(c5)OC(F)(F)O6)CC4)c(F)cc3n2C[C@@H](O)CO)CC1. The second-order valence-corrected chi connectivity index (χ2v) is 14.0. The largest absolute Gasteiger partial charge is 0.586 e. The van der Waals surface area contributed by atoms with Gasteiger partial charge in [0.25, 0.3) is 0 Å². The molecule has 272 valence electrons. The number of esters is 1. The zero-order valence-electron chi connectivity index (χ0n) is 28.5. The van der Waals surface area contributed by atoms with Crippen LogP contribution < -0.4 is 14.8 Å². The Hall–Kier alpha value is -3.85. The van der Waals surface area contributed by atoms with E-state index < -0.39 is 41.6 Å². The molecule has 2 fully saturated rings. The van der Waals surface area contributed by atoms with Crippen molar-refractivity contribution in [3.8, 4) is 11.5 Å². The lowest BCUT2D eigenvalue weighted by Gasteiger charge is -2.31. The molecule has 1 aliphatic carbocycles. The molecule has 3 aromatic rings. The number of hydrogen-bond acceptors (Lipinski definition) is 9. The molecular weight excluding hydrogens is 659 g/mol. The second kappa shape index (κ2) is 14.0. The van der Waals surface area contributed by atoms with Crippen molar-refractivity contribution in [1.29, 1.82) is 0 Å². The topological polar surface area (TPSA) is 132 Å². The van der Waals surface area contributed by atoms with Crippen LogP contribution in [-0.2, 0) is 36.4 Å². The van der Waals surface area contributed by atoms with Crippen molar-refractivity contribution >= 4 is 28.5 Å². The Kier molecular flexibility index (Phi) is 10.1. The first-order valence-electron chi connectivity index (χ1n) is 17.1. The Bertz CT molecular complexity index is 1730. The first-order valence-corrected chi connectivity index (χ1v) is 17.1. The number of hydrogen-bond donors (Lipinski definition) is 3. The smallest absolute Gasteiger partial charge is 0.466 e. The van der Waals surface area contributed by atoms with Gasteiger partial charge in [-0.2, -0.15) is 0 Å². The fraction of sp³-hybridized carbons (Fsp3) is 0.556. The van der Waals surface area contributed by atoms with Crippen LogP contribution in [0.4, 0.5) is 18.9 Å². The van der Waals surface area contributed by atoms with Crippen LogP contribution in [0.25, 0.3) is 10.9 Å². The van der Waals surface area contributed by atoms with Crippen molar-refractivity contribution in [3.63, 3.8) is 0 Å². The number of amides is 1. The van der Waals surface area contributed by atoms with Gasteiger partial charge in [0.05, 0.1) is 61.6 Å². The summed E-state index contributed by atoms with van der Waals surface area (Å²) in [4.78, 5) is 27.9. The minimum Gasteiger partial charge on any atom is -0.466 e. The van der Waals surface area contributed by atoms with Crippen molar-refractivity contribution in [1.82, 2.24) is 9.47 Å². The summed E-state index contributed by atoms with van der Waals surface area (Å²) < 4.78 is 64.9. The van der Waals surface area contributed by atoms with E-state index in [1.165, 1.54) is 30.3 Å². The highest BCUT2D eigenvalue weighted by Gasteiger charge is 2.53. The van der Waals surface area contributed by atoms with Crippen LogP contribution in [-0.4, -0.2) is 90.0 Å². The zero-order chi connectivity index (χ0) is 35.8. The predicted octanol–water partition coefficient (Wildman–Crippen LogP) is 4.69. The molecule has 11 nitrogen and oxygen atoms in total. The number of alkyl halides is 2. The highest BCUT2D eigenvalue weighted by molar-refractivity contribution is 6.03. The number of carbonyl (C=O) groups is 2. The molecule has 6 rings (SSSR count). The summed E-state index contributed by atoms with van der Waals surface area (Å²) in [6.07, 6.45) is -2.50. The molecule has 3 N–H and O–H groups in total. The van der Waals surface area contributed by atoms with Crippen LogP contribution >= 0.6 is 0 Å². The fourth-order valence-corrected chi connectivity index (χ4v) is 6.91. The number of aliphatic hydroxyl groups excluding tert-OH is 2. The summed E-state index contributed by atoms with van der Waals surface area (Å²) >= 11 is 0. The molecule has 3 aliphatic rings. The number of benzene rings is 2. The second-order valence-electron chi connectivity index (χ2n) is 14.0. The number of nitrogens with one attached hydrogen (secondary N) is 1. The number of aliphatic hydroxyl groups is 2. The van der Waals surface area contributed by atoms with E-state index in [0.29, 0.717) is 55.7 Å². The van der Waals surface area contributed by atoms with Gasteiger partial charge in [-0.3, -0.25) is 9.59 Å². The first kappa shape index (κ1) is 36.0. The summed E-state index contributed by atoms with van der Waals surface area (Å²) in [5, 5.41) is 23.4. The summed E-state index contributed by atoms with van der Waals surface area (Å²) in [5.41, 5.74) is 0.00134. The van der Waals surface area contributed by atoms with Crippen molar-refractivity contribution in [3.05, 3.63) is 53.5 Å². The zero-order valence-corrected chi connectivity index (χ0v) is 28.5. The molecule has 3 heterocycles. The van der Waals surface area contributed by atoms with Crippen molar-refractivity contribution in [2.24, 2.45) is 5.92 Å². The van der Waals surface area contributed by atoms with Crippen LogP contribution in [0.1, 0.15) is 57.7 Å². The molecule has 50 heavy (non-hydrogen) atoms. The standard InChI is InChI=1S/C36H44F3N3O8/c1-4-48-32(45)22-7-11-41(12-8-22)13-14-47-21-34(2,3)31-16-23-15-27(26(37)18-28(23)42(31)19-25(44)20-43)40-33(46)35(9-10-35)24-5-6-29-30(17-24)50-36(38,39)49-29/h5-6,15-18,22,25,43-44H,4,7-14,19-21H2,1-3H3,(H,40,46)/t25-/m1/s1. The molecule has 0 spiro atoms. The average Bonchev–Trinajstić information content (AvgIpc) is 3.73. The molecule has 2 aromatic carbocycles. The molecule has 0 unspecified atom stereocenters. The Morgan fingerprint density at radius 1 is 1.10 bits per heavy atom. The number of halogens is 3. The van der Waals surface area contributed by atoms with Gasteiger partial charge >= 0.3 is 12.3 Å². The van der Waals surface area contributed by atoms with Gasteiger partial charge in [0.2, 0.25) is 5.91 Å². The third-order valence-electron chi connectivity index (χ3n) is 9.90. The quantitative estimate of drug-likeness (QED) is 0.162. The predicted molar refractivity (Wildman–Crippen MR) is 177 cm³/mol. The third kappa shape index (κ3) is 7.43. The minimum atomic E-state index is -3.78. The van der Waals surface area contributed by atoms with Gasteiger partial charge in [0, 0.05) is 29.1 Å². The highest BCUT2D eigenvalue weighted by atomic mass is 19.3. The van der Waals surface area contributed by atoms with E-state index in [9.17, 15) is 28.6 Å². The van der Waals surface area contributed by atoms with Crippen LogP contribution in [0.5, 0.6) is 11.5 Å². The molecular formula is C36H44F3N3O8. The third-order valence-corrected chi connectivity index (χ3v) is 9.90. The van der Waals surface area contributed by atoms with E-state index in [2.05, 4.69) is 19.7 Å². The number of fused-ring (bicyclic) bond motifs is 2. The normalized spacial score (nSPS) is 19.0. The number of likely N-dealkylation sites (tertiary alicyclic amines) is 1. The van der Waals surface area contributed by atoms with Crippen LogP contribution in [0, 0.1) is 11.7 Å². The number of aromatic nitrogens is 1. The Morgan fingerprint density at radius 3 is 2.50 bits per heavy atom. The minimum absolute atomic E-state index is 0.00555. The molecule has 1 aromatic heterocycles. The summed E-state index contributed by atoms with van der Waals surface area (Å²) in [6.45, 7) is 8.70. The number of nitrogens with zero attached hydrogens (tertiary/aromatic N) is 2. The van der Waals surface area contributed by atoms with Crippen molar-refractivity contribution in [2.45, 2.75) is 76.2 Å². The molecule has 1 saturated carbocycles. The van der Waals surface area contributed by atoms with Gasteiger partial charge in [-0.15, -0.1) is 8.78 Å². The van der Waals surface area contributed by atoms with E-state index in [4.69, 9.17) is 9.47 Å². The lowest BCUT2D eigenvalue weighted by atomic mass is 9.90. The average molecular weight is 704 g/mol. The Balaban J connectivity index is 1.15. The number of carbonyl (C=O) groups excluding carboxylic acids is 2. The number of ether oxygens (including phenoxy) is 4. The van der Waals surface area contributed by atoms with Crippen LogP contribution in [0.2, 0.25) is 0 Å². The number of rotatable bonds is 14. The van der Waals surface area contributed by atoms with Gasteiger partial charge in [-0.1, -0.05) is 19.9 Å². The van der Waals surface area contributed by atoms with Crippen molar-refractivity contribution in [2.75, 3.05) is 51.4 Å². The Labute approximate surface area is 288 Å². The maximum Gasteiger partial charge on any atom is 0.586 e. The molecule has 14 heteroatoms. The molecule has 1 atom stereocenters. The van der Waals surface area contributed by atoms with E-state index in [0.717, 1.165) is 31.6 Å². The molecule has 1 amide bonds. The van der Waals surface area contributed by atoms with Crippen molar-refractivity contribution < 1.29 is 51.9 Å². The van der Waals surface area contributed by atoms with Gasteiger partial charge in [-0.25, -0.2) is 4.39 Å². The van der Waals surface area contributed by atoms with Gasteiger partial charge in [-0.05, 0) is 75.5 Å². The van der Waals surface area contributed by atoms with Crippen LogP contribution in [0.3, 0.4) is 0 Å². The molecule has 2 aliphatic heterocycles. The molecule has 1 saturated heterocycles. The fourth-order valence-electron chi connectivity index (χ4n) is 6.91. The lowest BCUT2D eigenvalue weighted by molar-refractivity contribution is -0.286. The Morgan fingerprint density at radius 2 is 1.82 bits per heavy atom. The van der Waals surface area contributed by atoms with Gasteiger partial charge in [0.1, 0.15) is 5.82 Å². The molecule has 0 bridgehead atoms. The van der Waals surface area contributed by atoms with E-state index in [1.807, 2.05) is 19.9 Å². The maximum atomic E-state index is 15.7. The first-order chi connectivity index (χ1) is 23.7. The van der Waals surface area contributed by atoms with E-state index in [1.54, 1.807) is 11.5 Å². The number of anilines is 1. The van der Waals surface area contributed by atoms with E-state index in [-0.39, 0.29) is 35.6 Å². The van der Waals surface area contributed by atoms with Crippen LogP contribution in [0.15, 0.2) is 36.4 Å². The van der Waals surface area contributed by atoms with E-state index >= 15 is 4.39 Å².